The number of aliphatic imine (C=N–C) groups is 1. The van der Waals surface area contributed by atoms with Gasteiger partial charge in [-0.3, -0.25) is 4.99 Å². The summed E-state index contributed by atoms with van der Waals surface area (Å²) in [5.41, 5.74) is 1.97. The molecule has 0 aliphatic heterocycles. The normalized spacial score (nSPS) is 11.0. The molecule has 0 spiro atoms. The van der Waals surface area contributed by atoms with Crippen LogP contribution in [0.5, 0.6) is 5.75 Å². The predicted molar refractivity (Wildman–Crippen MR) is 112 cm³/mol. The van der Waals surface area contributed by atoms with Crippen molar-refractivity contribution < 1.29 is 9.15 Å². The molecule has 2 aromatic carbocycles. The molecule has 0 atom stereocenters. The van der Waals surface area contributed by atoms with Crippen molar-refractivity contribution in [1.29, 1.82) is 0 Å². The van der Waals surface area contributed by atoms with Gasteiger partial charge in [-0.25, -0.2) is 0 Å². The van der Waals surface area contributed by atoms with Crippen molar-refractivity contribution >= 4 is 40.9 Å². The van der Waals surface area contributed by atoms with E-state index in [4.69, 9.17) is 9.15 Å². The van der Waals surface area contributed by atoms with Crippen LogP contribution in [0.25, 0.3) is 11.0 Å². The molecular formula is C19H22IN3O2. The molecule has 0 saturated heterocycles. The number of benzene rings is 2. The molecule has 3 aromatic rings. The summed E-state index contributed by atoms with van der Waals surface area (Å²) in [4.78, 5) is 4.24. The third-order valence-corrected chi connectivity index (χ3v) is 3.77. The highest BCUT2D eigenvalue weighted by atomic mass is 127. The van der Waals surface area contributed by atoms with Crippen LogP contribution in [0, 0.1) is 0 Å². The van der Waals surface area contributed by atoms with Gasteiger partial charge >= 0.3 is 0 Å². The fraction of sp³-hybridized carbons (Fsp3) is 0.211. The second-order valence-corrected chi connectivity index (χ2v) is 5.34. The highest BCUT2D eigenvalue weighted by Crippen LogP contribution is 2.18. The maximum Gasteiger partial charge on any atom is 0.191 e. The fourth-order valence-corrected chi connectivity index (χ4v) is 2.54. The molecule has 6 heteroatoms. The van der Waals surface area contributed by atoms with Gasteiger partial charge in [0.2, 0.25) is 0 Å². The Labute approximate surface area is 164 Å². The zero-order valence-corrected chi connectivity index (χ0v) is 16.6. The number of nitrogens with one attached hydrogen (secondary N) is 2. The first-order chi connectivity index (χ1) is 11.8. The van der Waals surface area contributed by atoms with E-state index in [1.54, 1.807) is 14.2 Å². The van der Waals surface area contributed by atoms with E-state index in [0.29, 0.717) is 19.0 Å². The van der Waals surface area contributed by atoms with Gasteiger partial charge in [0.05, 0.1) is 13.7 Å². The van der Waals surface area contributed by atoms with Gasteiger partial charge in [0.25, 0.3) is 0 Å². The molecule has 1 aromatic heterocycles. The van der Waals surface area contributed by atoms with Gasteiger partial charge in [-0.05, 0) is 18.2 Å². The van der Waals surface area contributed by atoms with Crippen LogP contribution in [0.4, 0.5) is 0 Å². The Balaban J connectivity index is 0.00000225. The molecule has 1 heterocycles. The van der Waals surface area contributed by atoms with Crippen LogP contribution in [0.15, 0.2) is 64.0 Å². The number of ether oxygens (including phenoxy) is 1. The molecule has 0 amide bonds. The average Bonchev–Trinajstić information content (AvgIpc) is 3.05. The largest absolute Gasteiger partial charge is 0.496 e. The van der Waals surface area contributed by atoms with Crippen LogP contribution in [0.3, 0.4) is 0 Å². The quantitative estimate of drug-likeness (QED) is 0.351. The third-order valence-electron chi connectivity index (χ3n) is 3.77. The van der Waals surface area contributed by atoms with Gasteiger partial charge in [-0.2, -0.15) is 0 Å². The summed E-state index contributed by atoms with van der Waals surface area (Å²) in [6.45, 7) is 1.20. The maximum absolute atomic E-state index is 5.80. The number of hydrogen-bond acceptors (Lipinski definition) is 3. The number of para-hydroxylation sites is 2. The van der Waals surface area contributed by atoms with Gasteiger partial charge in [0.1, 0.15) is 17.1 Å². The predicted octanol–water partition coefficient (Wildman–Crippen LogP) is 3.92. The molecule has 0 bridgehead atoms. The van der Waals surface area contributed by atoms with Crippen molar-refractivity contribution in [2.24, 2.45) is 4.99 Å². The van der Waals surface area contributed by atoms with E-state index in [-0.39, 0.29) is 24.0 Å². The van der Waals surface area contributed by atoms with Crippen molar-refractivity contribution in [3.8, 4) is 5.75 Å². The lowest BCUT2D eigenvalue weighted by Gasteiger charge is -2.13. The van der Waals surface area contributed by atoms with Crippen LogP contribution in [0.1, 0.15) is 11.3 Å². The molecule has 3 rings (SSSR count). The van der Waals surface area contributed by atoms with E-state index in [1.807, 2.05) is 54.6 Å². The van der Waals surface area contributed by atoms with Crippen LogP contribution in [-0.4, -0.2) is 20.1 Å². The molecule has 2 N–H and O–H groups in total. The van der Waals surface area contributed by atoms with Gasteiger partial charge < -0.3 is 19.8 Å². The van der Waals surface area contributed by atoms with Crippen molar-refractivity contribution in [1.82, 2.24) is 10.6 Å². The number of halogens is 1. The monoisotopic (exact) mass is 451 g/mol. The van der Waals surface area contributed by atoms with Gasteiger partial charge in [-0.1, -0.05) is 36.4 Å². The Morgan fingerprint density at radius 2 is 1.76 bits per heavy atom. The molecule has 0 fully saturated rings. The standard InChI is InChI=1S/C19H21N3O2.HI/c1-20-19(21-12-15-8-4-5-9-17(15)23-2)22-13-16-11-14-7-3-6-10-18(14)24-16;/h3-11H,12-13H2,1-2H3,(H2,20,21,22);1H. The smallest absolute Gasteiger partial charge is 0.191 e. The molecule has 132 valence electrons. The molecule has 0 saturated carbocycles. The Kier molecular flexibility index (Phi) is 7.12. The van der Waals surface area contributed by atoms with E-state index in [9.17, 15) is 0 Å². The Morgan fingerprint density at radius 1 is 1.04 bits per heavy atom. The summed E-state index contributed by atoms with van der Waals surface area (Å²) in [5, 5.41) is 7.64. The zero-order chi connectivity index (χ0) is 16.8. The lowest BCUT2D eigenvalue weighted by molar-refractivity contribution is 0.409. The highest BCUT2D eigenvalue weighted by Gasteiger charge is 2.06. The second-order valence-electron chi connectivity index (χ2n) is 5.34. The Hall–Kier alpha value is -2.22. The lowest BCUT2D eigenvalue weighted by Crippen LogP contribution is -2.36. The van der Waals surface area contributed by atoms with E-state index < -0.39 is 0 Å². The number of guanidine groups is 1. The maximum atomic E-state index is 5.80. The van der Waals surface area contributed by atoms with E-state index >= 15 is 0 Å². The summed E-state index contributed by atoms with van der Waals surface area (Å²) in [5.74, 6) is 2.44. The van der Waals surface area contributed by atoms with Crippen LogP contribution < -0.4 is 15.4 Å². The SMILES string of the molecule is CN=C(NCc1cc2ccccc2o1)NCc1ccccc1OC.I. The third kappa shape index (κ3) is 4.88. The Bertz CT molecular complexity index is 812. The number of methoxy groups -OCH3 is 1. The number of hydrogen-bond donors (Lipinski definition) is 2. The van der Waals surface area contributed by atoms with Crippen molar-refractivity contribution in [3.05, 3.63) is 65.9 Å². The highest BCUT2D eigenvalue weighted by molar-refractivity contribution is 14.0. The first-order valence-electron chi connectivity index (χ1n) is 7.84. The first kappa shape index (κ1) is 19.1. The lowest BCUT2D eigenvalue weighted by atomic mass is 10.2. The van der Waals surface area contributed by atoms with Crippen LogP contribution in [0.2, 0.25) is 0 Å². The molecule has 5 nitrogen and oxygen atoms in total. The second kappa shape index (κ2) is 9.31. The topological polar surface area (TPSA) is 58.8 Å². The Morgan fingerprint density at radius 3 is 2.52 bits per heavy atom. The minimum Gasteiger partial charge on any atom is -0.496 e. The van der Waals surface area contributed by atoms with E-state index in [0.717, 1.165) is 28.0 Å². The van der Waals surface area contributed by atoms with Crippen molar-refractivity contribution in [2.75, 3.05) is 14.2 Å². The van der Waals surface area contributed by atoms with Gasteiger partial charge in [0, 0.05) is 24.5 Å². The summed E-state index contributed by atoms with van der Waals surface area (Å²) in [7, 11) is 3.42. The molecule has 25 heavy (non-hydrogen) atoms. The molecule has 0 aliphatic carbocycles. The fourth-order valence-electron chi connectivity index (χ4n) is 2.54. The van der Waals surface area contributed by atoms with Crippen molar-refractivity contribution in [2.45, 2.75) is 13.1 Å². The molecule has 0 aliphatic rings. The zero-order valence-electron chi connectivity index (χ0n) is 14.3. The summed E-state index contributed by atoms with van der Waals surface area (Å²) >= 11 is 0. The minimum atomic E-state index is 0. The van der Waals surface area contributed by atoms with Gasteiger partial charge in [0.15, 0.2) is 5.96 Å². The first-order valence-corrected chi connectivity index (χ1v) is 7.84. The number of fused-ring (bicyclic) bond motifs is 1. The number of rotatable bonds is 5. The van der Waals surface area contributed by atoms with E-state index in [1.165, 1.54) is 0 Å². The number of nitrogens with zero attached hydrogens (tertiary/aromatic N) is 1. The molecular weight excluding hydrogens is 429 g/mol. The minimum absolute atomic E-state index is 0. The van der Waals surface area contributed by atoms with Crippen molar-refractivity contribution in [3.63, 3.8) is 0 Å². The summed E-state index contributed by atoms with van der Waals surface area (Å²) in [6, 6.07) is 17.9. The number of furan rings is 1. The van der Waals surface area contributed by atoms with Gasteiger partial charge in [-0.15, -0.1) is 24.0 Å². The summed E-state index contributed by atoms with van der Waals surface area (Å²) < 4.78 is 11.2. The average molecular weight is 451 g/mol. The molecule has 0 unspecified atom stereocenters. The van der Waals surface area contributed by atoms with Crippen LogP contribution in [-0.2, 0) is 13.1 Å². The van der Waals surface area contributed by atoms with Crippen LogP contribution >= 0.6 is 24.0 Å². The van der Waals surface area contributed by atoms with E-state index in [2.05, 4.69) is 15.6 Å². The summed E-state index contributed by atoms with van der Waals surface area (Å²) in [6.07, 6.45) is 0. The molecule has 0 radical (unpaired) electrons.